The fourth-order valence-electron chi connectivity index (χ4n) is 4.04. The number of anilines is 1. The molecule has 0 amide bonds. The van der Waals surface area contributed by atoms with Gasteiger partial charge in [0, 0.05) is 12.2 Å². The monoisotopic (exact) mass is 357 g/mol. The Labute approximate surface area is 164 Å². The van der Waals surface area contributed by atoms with E-state index in [4.69, 9.17) is 0 Å². The van der Waals surface area contributed by atoms with Gasteiger partial charge in [0.1, 0.15) is 0 Å². The maximum atomic E-state index is 3.59. The lowest BCUT2D eigenvalue weighted by atomic mass is 9.83. The molecule has 1 fully saturated rings. The molecule has 0 spiro atoms. The van der Waals surface area contributed by atoms with Gasteiger partial charge in [-0.3, -0.25) is 0 Å². The van der Waals surface area contributed by atoms with Crippen molar-refractivity contribution in [3.8, 4) is 0 Å². The van der Waals surface area contributed by atoms with Crippen LogP contribution in [0.3, 0.4) is 0 Å². The van der Waals surface area contributed by atoms with Crippen LogP contribution in [0, 0.1) is 12.8 Å². The van der Waals surface area contributed by atoms with Crippen molar-refractivity contribution in [2.75, 3.05) is 11.9 Å². The summed E-state index contributed by atoms with van der Waals surface area (Å²) in [5.74, 6) is 1.39. The van der Waals surface area contributed by atoms with E-state index in [2.05, 4.69) is 80.7 Å². The zero-order chi connectivity index (χ0) is 18.8. The molecular formula is C26H31N. The van der Waals surface area contributed by atoms with Crippen LogP contribution in [-0.4, -0.2) is 6.54 Å². The van der Waals surface area contributed by atoms with Gasteiger partial charge in [-0.1, -0.05) is 62.4 Å². The van der Waals surface area contributed by atoms with Gasteiger partial charge >= 0.3 is 0 Å². The van der Waals surface area contributed by atoms with Gasteiger partial charge in [-0.2, -0.15) is 0 Å². The number of rotatable bonds is 6. The summed E-state index contributed by atoms with van der Waals surface area (Å²) in [6, 6.07) is 16.2. The standard InChI is InChI=1S/C26H31N/c1-4-14-27-26-17-23(10-9-19(26)3)24-13-8-18(2)15-25(24)22-7-5-6-21(16-22)20-11-12-20/h5-10,13,16-18,20,27H,4,11-12,14-15H2,1-3H3. The van der Waals surface area contributed by atoms with E-state index in [9.17, 15) is 0 Å². The molecule has 2 aromatic carbocycles. The summed E-state index contributed by atoms with van der Waals surface area (Å²) >= 11 is 0. The average molecular weight is 358 g/mol. The fourth-order valence-corrected chi connectivity index (χ4v) is 4.04. The number of aryl methyl sites for hydroxylation is 1. The predicted octanol–water partition coefficient (Wildman–Crippen LogP) is 7.20. The van der Waals surface area contributed by atoms with Crippen LogP contribution in [0.25, 0.3) is 11.1 Å². The second-order valence-corrected chi connectivity index (χ2v) is 8.29. The highest BCUT2D eigenvalue weighted by Crippen LogP contribution is 2.43. The second-order valence-electron chi connectivity index (χ2n) is 8.29. The molecule has 0 bridgehead atoms. The van der Waals surface area contributed by atoms with Crippen molar-refractivity contribution in [1.29, 1.82) is 0 Å². The Morgan fingerprint density at radius 3 is 2.67 bits per heavy atom. The van der Waals surface area contributed by atoms with E-state index in [1.165, 1.54) is 51.9 Å². The van der Waals surface area contributed by atoms with Crippen molar-refractivity contribution < 1.29 is 0 Å². The Hall–Kier alpha value is -2.28. The molecule has 2 aliphatic rings. The molecule has 0 saturated heterocycles. The molecule has 1 saturated carbocycles. The molecule has 0 aliphatic heterocycles. The first kappa shape index (κ1) is 18.1. The number of nitrogens with one attached hydrogen (secondary N) is 1. The van der Waals surface area contributed by atoms with Crippen molar-refractivity contribution in [1.82, 2.24) is 0 Å². The molecule has 140 valence electrons. The third kappa shape index (κ3) is 4.03. The van der Waals surface area contributed by atoms with Gasteiger partial charge in [-0.25, -0.2) is 0 Å². The van der Waals surface area contributed by atoms with Gasteiger partial charge in [-0.05, 0) is 83.9 Å². The van der Waals surface area contributed by atoms with E-state index in [0.29, 0.717) is 5.92 Å². The van der Waals surface area contributed by atoms with Gasteiger partial charge in [0.25, 0.3) is 0 Å². The summed E-state index contributed by atoms with van der Waals surface area (Å²) in [4.78, 5) is 0. The predicted molar refractivity (Wildman–Crippen MR) is 118 cm³/mol. The summed E-state index contributed by atoms with van der Waals surface area (Å²) < 4.78 is 0. The van der Waals surface area contributed by atoms with Gasteiger partial charge < -0.3 is 5.32 Å². The molecule has 0 heterocycles. The second kappa shape index (κ2) is 7.76. The highest BCUT2D eigenvalue weighted by Gasteiger charge is 2.24. The lowest BCUT2D eigenvalue weighted by Gasteiger charge is -2.22. The van der Waals surface area contributed by atoms with Crippen LogP contribution in [0.4, 0.5) is 5.69 Å². The normalized spacial score (nSPS) is 19.4. The van der Waals surface area contributed by atoms with Crippen LogP contribution >= 0.6 is 0 Å². The molecule has 0 aromatic heterocycles. The van der Waals surface area contributed by atoms with E-state index in [0.717, 1.165) is 25.3 Å². The smallest absolute Gasteiger partial charge is 0.0376 e. The molecule has 27 heavy (non-hydrogen) atoms. The van der Waals surface area contributed by atoms with Crippen LogP contribution in [0.15, 0.2) is 54.6 Å². The molecular weight excluding hydrogens is 326 g/mol. The van der Waals surface area contributed by atoms with E-state index in [1.54, 1.807) is 0 Å². The maximum Gasteiger partial charge on any atom is 0.0376 e. The number of hydrogen-bond donors (Lipinski definition) is 1. The number of allylic oxidation sites excluding steroid dienone is 4. The molecule has 2 aromatic rings. The van der Waals surface area contributed by atoms with Gasteiger partial charge in [-0.15, -0.1) is 0 Å². The Balaban J connectivity index is 1.77. The molecule has 0 radical (unpaired) electrons. The minimum Gasteiger partial charge on any atom is -0.385 e. The Morgan fingerprint density at radius 2 is 1.89 bits per heavy atom. The molecule has 4 rings (SSSR count). The van der Waals surface area contributed by atoms with E-state index < -0.39 is 0 Å². The van der Waals surface area contributed by atoms with Crippen molar-refractivity contribution in [2.45, 2.75) is 52.4 Å². The molecule has 1 atom stereocenters. The largest absolute Gasteiger partial charge is 0.385 e. The highest BCUT2D eigenvalue weighted by molar-refractivity contribution is 5.97. The lowest BCUT2D eigenvalue weighted by Crippen LogP contribution is -2.04. The lowest BCUT2D eigenvalue weighted by molar-refractivity contribution is 0.750. The molecule has 2 aliphatic carbocycles. The average Bonchev–Trinajstić information content (AvgIpc) is 3.53. The molecule has 1 N–H and O–H groups in total. The summed E-state index contributed by atoms with van der Waals surface area (Å²) in [6.45, 7) is 7.74. The van der Waals surface area contributed by atoms with E-state index in [1.807, 2.05) is 0 Å². The summed E-state index contributed by atoms with van der Waals surface area (Å²) in [5, 5.41) is 3.59. The molecule has 1 nitrogen and oxygen atoms in total. The highest BCUT2D eigenvalue weighted by atomic mass is 14.9. The third-order valence-electron chi connectivity index (χ3n) is 5.84. The van der Waals surface area contributed by atoms with Crippen molar-refractivity contribution in [2.24, 2.45) is 5.92 Å². The third-order valence-corrected chi connectivity index (χ3v) is 5.84. The zero-order valence-electron chi connectivity index (χ0n) is 16.9. The van der Waals surface area contributed by atoms with Crippen LogP contribution in [0.2, 0.25) is 0 Å². The zero-order valence-corrected chi connectivity index (χ0v) is 16.9. The van der Waals surface area contributed by atoms with Gasteiger partial charge in [0.2, 0.25) is 0 Å². The summed E-state index contributed by atoms with van der Waals surface area (Å²) in [7, 11) is 0. The Kier molecular flexibility index (Phi) is 5.20. The van der Waals surface area contributed by atoms with Crippen LogP contribution in [0.1, 0.15) is 67.7 Å². The van der Waals surface area contributed by atoms with Crippen LogP contribution < -0.4 is 5.32 Å². The van der Waals surface area contributed by atoms with Crippen LogP contribution in [0.5, 0.6) is 0 Å². The maximum absolute atomic E-state index is 3.59. The summed E-state index contributed by atoms with van der Waals surface area (Å²) in [6.07, 6.45) is 9.69. The summed E-state index contributed by atoms with van der Waals surface area (Å²) in [5.41, 5.74) is 9.73. The first-order valence-corrected chi connectivity index (χ1v) is 10.5. The van der Waals surface area contributed by atoms with Crippen molar-refractivity contribution in [3.05, 3.63) is 76.9 Å². The minimum atomic E-state index is 0.594. The van der Waals surface area contributed by atoms with Crippen molar-refractivity contribution in [3.63, 3.8) is 0 Å². The van der Waals surface area contributed by atoms with Gasteiger partial charge in [0.05, 0.1) is 0 Å². The topological polar surface area (TPSA) is 12.0 Å². The Bertz CT molecular complexity index is 883. The van der Waals surface area contributed by atoms with Gasteiger partial charge in [0.15, 0.2) is 0 Å². The number of hydrogen-bond acceptors (Lipinski definition) is 1. The van der Waals surface area contributed by atoms with Crippen LogP contribution in [-0.2, 0) is 0 Å². The Morgan fingerprint density at radius 1 is 1.04 bits per heavy atom. The molecule has 1 unspecified atom stereocenters. The number of benzene rings is 2. The fraction of sp³-hybridized carbons (Fsp3) is 0.385. The minimum absolute atomic E-state index is 0.594. The quantitative estimate of drug-likeness (QED) is 0.576. The first-order chi connectivity index (χ1) is 13.2. The van der Waals surface area contributed by atoms with E-state index in [-0.39, 0.29) is 0 Å². The van der Waals surface area contributed by atoms with E-state index >= 15 is 0 Å². The SMILES string of the molecule is CCCNc1cc(C2=C(c3cccc(C4CC4)c3)CC(C)C=C2)ccc1C. The molecule has 1 heteroatoms. The van der Waals surface area contributed by atoms with Crippen molar-refractivity contribution >= 4 is 16.8 Å². The first-order valence-electron chi connectivity index (χ1n) is 10.5.